The fourth-order valence-corrected chi connectivity index (χ4v) is 2.81. The highest BCUT2D eigenvalue weighted by Gasteiger charge is 2.20. The van der Waals surface area contributed by atoms with Gasteiger partial charge >= 0.3 is 12.0 Å². The zero-order chi connectivity index (χ0) is 18.1. The molecule has 0 bridgehead atoms. The lowest BCUT2D eigenvalue weighted by molar-refractivity contribution is -0.147. The second-order valence-electron chi connectivity index (χ2n) is 5.51. The average Bonchev–Trinajstić information content (AvgIpc) is 2.64. The number of nitrogens with one attached hydrogen (secondary N) is 1. The predicted octanol–water partition coefficient (Wildman–Crippen LogP) is 3.19. The molecule has 1 unspecified atom stereocenters. The third-order valence-corrected chi connectivity index (χ3v) is 4.30. The van der Waals surface area contributed by atoms with Crippen molar-refractivity contribution < 1.29 is 14.3 Å². The number of benzene rings is 2. The number of ether oxygens (including phenoxy) is 1. The van der Waals surface area contributed by atoms with Crippen molar-refractivity contribution in [2.24, 2.45) is 5.73 Å². The maximum absolute atomic E-state index is 12.1. The SMILES string of the molecule is CSCCC(NC(N)=O)C(=O)OCc1ccc(-c2ccccc2)cc1. The van der Waals surface area contributed by atoms with E-state index in [0.717, 1.165) is 22.4 Å². The first-order valence-corrected chi connectivity index (χ1v) is 9.35. The Balaban J connectivity index is 1.92. The number of carbonyl (C=O) groups excluding carboxylic acids is 2. The molecule has 2 rings (SSSR count). The quantitative estimate of drug-likeness (QED) is 0.710. The molecule has 0 saturated heterocycles. The van der Waals surface area contributed by atoms with Crippen LogP contribution >= 0.6 is 11.8 Å². The number of rotatable bonds is 8. The van der Waals surface area contributed by atoms with Gasteiger partial charge in [0.1, 0.15) is 12.6 Å². The first-order chi connectivity index (χ1) is 12.1. The van der Waals surface area contributed by atoms with Gasteiger partial charge in [0.25, 0.3) is 0 Å². The van der Waals surface area contributed by atoms with Gasteiger partial charge in [-0.15, -0.1) is 0 Å². The van der Waals surface area contributed by atoms with Gasteiger partial charge in [0, 0.05) is 0 Å². The second kappa shape index (κ2) is 9.74. The number of urea groups is 1. The van der Waals surface area contributed by atoms with Crippen molar-refractivity contribution in [1.82, 2.24) is 5.32 Å². The first kappa shape index (κ1) is 18.9. The topological polar surface area (TPSA) is 81.4 Å². The van der Waals surface area contributed by atoms with Crippen molar-refractivity contribution in [3.63, 3.8) is 0 Å². The predicted molar refractivity (Wildman–Crippen MR) is 101 cm³/mol. The fraction of sp³-hybridized carbons (Fsp3) is 0.263. The molecule has 0 fully saturated rings. The minimum atomic E-state index is -0.727. The van der Waals surface area contributed by atoms with Crippen LogP contribution in [-0.4, -0.2) is 30.1 Å². The summed E-state index contributed by atoms with van der Waals surface area (Å²) in [5.74, 6) is 0.256. The lowest BCUT2D eigenvalue weighted by Crippen LogP contribution is -2.44. The van der Waals surface area contributed by atoms with E-state index in [4.69, 9.17) is 10.5 Å². The summed E-state index contributed by atoms with van der Waals surface area (Å²) >= 11 is 1.59. The Labute approximate surface area is 151 Å². The Hall–Kier alpha value is -2.47. The van der Waals surface area contributed by atoms with Crippen molar-refractivity contribution in [1.29, 1.82) is 0 Å². The molecule has 2 aromatic carbocycles. The van der Waals surface area contributed by atoms with Gasteiger partial charge in [-0.25, -0.2) is 9.59 Å². The number of carbonyl (C=O) groups is 2. The highest BCUT2D eigenvalue weighted by Crippen LogP contribution is 2.19. The van der Waals surface area contributed by atoms with Gasteiger partial charge in [-0.05, 0) is 35.1 Å². The van der Waals surface area contributed by atoms with Crippen molar-refractivity contribution in [3.8, 4) is 11.1 Å². The van der Waals surface area contributed by atoms with Crippen LogP contribution in [0.15, 0.2) is 54.6 Å². The van der Waals surface area contributed by atoms with Crippen LogP contribution in [0.1, 0.15) is 12.0 Å². The van der Waals surface area contributed by atoms with Gasteiger partial charge in [0.2, 0.25) is 0 Å². The molecule has 0 saturated carbocycles. The van der Waals surface area contributed by atoms with Crippen molar-refractivity contribution in [2.75, 3.05) is 12.0 Å². The van der Waals surface area contributed by atoms with Crippen molar-refractivity contribution in [3.05, 3.63) is 60.2 Å². The Bertz CT molecular complexity index is 690. The van der Waals surface area contributed by atoms with Crippen LogP contribution in [0.2, 0.25) is 0 Å². The van der Waals surface area contributed by atoms with Crippen LogP contribution < -0.4 is 11.1 Å². The van der Waals surface area contributed by atoms with Crippen LogP contribution in [0, 0.1) is 0 Å². The first-order valence-electron chi connectivity index (χ1n) is 7.96. The Kier molecular flexibility index (Phi) is 7.35. The van der Waals surface area contributed by atoms with Crippen LogP contribution in [0.25, 0.3) is 11.1 Å². The van der Waals surface area contributed by atoms with Gasteiger partial charge in [0.05, 0.1) is 0 Å². The minimum absolute atomic E-state index is 0.157. The van der Waals surface area contributed by atoms with Gasteiger partial charge in [-0.2, -0.15) is 11.8 Å². The molecule has 2 amide bonds. The van der Waals surface area contributed by atoms with E-state index in [2.05, 4.69) is 5.32 Å². The normalized spacial score (nSPS) is 11.6. The van der Waals surface area contributed by atoms with Gasteiger partial charge in [0.15, 0.2) is 0 Å². The number of amides is 2. The molecule has 0 aliphatic heterocycles. The molecule has 2 aromatic rings. The number of esters is 1. The van der Waals surface area contributed by atoms with E-state index in [9.17, 15) is 9.59 Å². The second-order valence-corrected chi connectivity index (χ2v) is 6.50. The zero-order valence-corrected chi connectivity index (χ0v) is 14.9. The van der Waals surface area contributed by atoms with Crippen LogP contribution in [0.5, 0.6) is 0 Å². The summed E-state index contributed by atoms with van der Waals surface area (Å²) in [5, 5.41) is 2.43. The molecule has 0 radical (unpaired) electrons. The molecule has 5 nitrogen and oxygen atoms in total. The molecule has 0 spiro atoms. The number of nitrogens with two attached hydrogens (primary N) is 1. The summed E-state index contributed by atoms with van der Waals surface area (Å²) in [4.78, 5) is 23.2. The molecule has 132 valence electrons. The maximum Gasteiger partial charge on any atom is 0.329 e. The zero-order valence-electron chi connectivity index (χ0n) is 14.1. The van der Waals surface area contributed by atoms with Crippen molar-refractivity contribution >= 4 is 23.8 Å². The van der Waals surface area contributed by atoms with Gasteiger partial charge in [-0.3, -0.25) is 0 Å². The molecule has 0 heterocycles. The fourth-order valence-electron chi connectivity index (χ4n) is 2.34. The Morgan fingerprint density at radius 1 is 1.08 bits per heavy atom. The molecule has 3 N–H and O–H groups in total. The smallest absolute Gasteiger partial charge is 0.329 e. The lowest BCUT2D eigenvalue weighted by atomic mass is 10.0. The standard InChI is InChI=1S/C19H22N2O3S/c1-25-12-11-17(21-19(20)23)18(22)24-13-14-7-9-16(10-8-14)15-5-3-2-4-6-15/h2-10,17H,11-13H2,1H3,(H3,20,21,23). The molecule has 0 aromatic heterocycles. The van der Waals surface area contributed by atoms with E-state index in [-0.39, 0.29) is 6.61 Å². The van der Waals surface area contributed by atoms with E-state index in [1.54, 1.807) is 11.8 Å². The number of hydrogen-bond acceptors (Lipinski definition) is 4. The van der Waals surface area contributed by atoms with Crippen LogP contribution in [-0.2, 0) is 16.1 Å². The third-order valence-electron chi connectivity index (χ3n) is 3.65. The largest absolute Gasteiger partial charge is 0.459 e. The Morgan fingerprint density at radius 3 is 2.32 bits per heavy atom. The maximum atomic E-state index is 12.1. The molecule has 0 aliphatic carbocycles. The molecule has 25 heavy (non-hydrogen) atoms. The van der Waals surface area contributed by atoms with E-state index >= 15 is 0 Å². The molecule has 1 atom stereocenters. The molecular weight excluding hydrogens is 336 g/mol. The van der Waals surface area contributed by atoms with E-state index < -0.39 is 18.0 Å². The highest BCUT2D eigenvalue weighted by atomic mass is 32.2. The average molecular weight is 358 g/mol. The van der Waals surface area contributed by atoms with E-state index in [1.807, 2.05) is 60.9 Å². The van der Waals surface area contributed by atoms with Crippen LogP contribution in [0.4, 0.5) is 4.79 Å². The summed E-state index contributed by atoms with van der Waals surface area (Å²) in [6.45, 7) is 0.157. The summed E-state index contributed by atoms with van der Waals surface area (Å²) in [5.41, 5.74) is 8.24. The lowest BCUT2D eigenvalue weighted by Gasteiger charge is -2.16. The highest BCUT2D eigenvalue weighted by molar-refractivity contribution is 7.98. The summed E-state index contributed by atoms with van der Waals surface area (Å²) in [7, 11) is 0. The molecule has 0 aliphatic rings. The third kappa shape index (κ3) is 6.15. The monoisotopic (exact) mass is 358 g/mol. The molecular formula is C19H22N2O3S. The summed E-state index contributed by atoms with van der Waals surface area (Å²) in [6.07, 6.45) is 2.41. The Morgan fingerprint density at radius 2 is 1.72 bits per heavy atom. The number of hydrogen-bond donors (Lipinski definition) is 2. The van der Waals surface area contributed by atoms with Gasteiger partial charge in [-0.1, -0.05) is 54.6 Å². The van der Waals surface area contributed by atoms with Crippen molar-refractivity contribution in [2.45, 2.75) is 19.1 Å². The summed E-state index contributed by atoms with van der Waals surface area (Å²) in [6, 6.07) is 16.4. The molecule has 6 heteroatoms. The number of thioether (sulfide) groups is 1. The van der Waals surface area contributed by atoms with E-state index in [1.165, 1.54) is 0 Å². The summed E-state index contributed by atoms with van der Waals surface area (Å²) < 4.78 is 5.32. The van der Waals surface area contributed by atoms with Gasteiger partial charge < -0.3 is 15.8 Å². The number of primary amides is 1. The van der Waals surface area contributed by atoms with E-state index in [0.29, 0.717) is 6.42 Å². The van der Waals surface area contributed by atoms with Crippen LogP contribution in [0.3, 0.4) is 0 Å². The minimum Gasteiger partial charge on any atom is -0.459 e.